The third-order valence-electron chi connectivity index (χ3n) is 6.60. The van der Waals surface area contributed by atoms with Crippen LogP contribution in [0.15, 0.2) is 77.8 Å². The van der Waals surface area contributed by atoms with Crippen molar-refractivity contribution in [3.63, 3.8) is 0 Å². The summed E-state index contributed by atoms with van der Waals surface area (Å²) >= 11 is 0. The van der Waals surface area contributed by atoms with Crippen LogP contribution in [0.3, 0.4) is 0 Å². The fourth-order valence-electron chi connectivity index (χ4n) is 4.64. The van der Waals surface area contributed by atoms with Gasteiger partial charge < -0.3 is 9.64 Å². The molecule has 5 heteroatoms. The van der Waals surface area contributed by atoms with E-state index in [-0.39, 0.29) is 24.2 Å². The van der Waals surface area contributed by atoms with Gasteiger partial charge in [0.1, 0.15) is 18.2 Å². The van der Waals surface area contributed by atoms with Crippen LogP contribution in [0.25, 0.3) is 0 Å². The Balaban J connectivity index is 1.67. The normalized spacial score (nSPS) is 14.2. The predicted molar refractivity (Wildman–Crippen MR) is 139 cm³/mol. The minimum atomic E-state index is -0.272. The van der Waals surface area contributed by atoms with E-state index in [0.29, 0.717) is 24.2 Å². The van der Waals surface area contributed by atoms with Crippen molar-refractivity contribution in [1.82, 2.24) is 4.90 Å². The van der Waals surface area contributed by atoms with Gasteiger partial charge in [-0.05, 0) is 62.9 Å². The number of hydrogen-bond acceptors (Lipinski definition) is 3. The summed E-state index contributed by atoms with van der Waals surface area (Å²) in [6.07, 6.45) is 3.12. The lowest BCUT2D eigenvalue weighted by molar-refractivity contribution is 0.0773. The molecule has 4 rings (SSSR count). The summed E-state index contributed by atoms with van der Waals surface area (Å²) in [6.45, 7) is 6.33. The molecule has 1 atom stereocenters. The Labute approximate surface area is 207 Å². The van der Waals surface area contributed by atoms with E-state index in [1.165, 1.54) is 6.07 Å². The van der Waals surface area contributed by atoms with Gasteiger partial charge in [-0.1, -0.05) is 48.5 Å². The molecule has 0 N–H and O–H groups in total. The summed E-state index contributed by atoms with van der Waals surface area (Å²) in [4.78, 5) is 19.5. The summed E-state index contributed by atoms with van der Waals surface area (Å²) in [5.74, 6) is 0.412. The number of carbonyl (C=O) groups excluding carboxylic acids is 1. The van der Waals surface area contributed by atoms with Gasteiger partial charge in [0.25, 0.3) is 5.91 Å². The lowest BCUT2D eigenvalue weighted by Crippen LogP contribution is -2.30. The summed E-state index contributed by atoms with van der Waals surface area (Å²) in [6, 6.07) is 22.5. The molecule has 1 aliphatic heterocycles. The van der Waals surface area contributed by atoms with Crippen molar-refractivity contribution in [2.45, 2.75) is 45.6 Å². The first-order valence-corrected chi connectivity index (χ1v) is 12.5. The Kier molecular flexibility index (Phi) is 8.30. The van der Waals surface area contributed by atoms with Crippen LogP contribution in [0, 0.1) is 5.82 Å². The second-order valence-corrected chi connectivity index (χ2v) is 8.78. The number of nitrogens with zero attached hydrogens (tertiary/aromatic N) is 2. The fraction of sp³-hybridized carbons (Fsp3) is 0.333. The van der Waals surface area contributed by atoms with Gasteiger partial charge in [-0.25, -0.2) is 4.39 Å². The van der Waals surface area contributed by atoms with Crippen LogP contribution in [0.1, 0.15) is 66.1 Å². The molecule has 1 amide bonds. The van der Waals surface area contributed by atoms with Crippen molar-refractivity contribution in [2.24, 2.45) is 4.99 Å². The number of para-hydroxylation sites is 1. The zero-order valence-corrected chi connectivity index (χ0v) is 20.5. The topological polar surface area (TPSA) is 41.9 Å². The van der Waals surface area contributed by atoms with Crippen LogP contribution in [-0.2, 0) is 6.61 Å². The highest BCUT2D eigenvalue weighted by Crippen LogP contribution is 2.36. The minimum absolute atomic E-state index is 0.0433. The van der Waals surface area contributed by atoms with Gasteiger partial charge in [0.15, 0.2) is 0 Å². The molecule has 0 aliphatic carbocycles. The quantitative estimate of drug-likeness (QED) is 0.350. The summed E-state index contributed by atoms with van der Waals surface area (Å²) < 4.78 is 20.4. The highest BCUT2D eigenvalue weighted by Gasteiger charge is 2.25. The molecular weight excluding hydrogens is 439 g/mol. The smallest absolute Gasteiger partial charge is 0.253 e. The van der Waals surface area contributed by atoms with Crippen LogP contribution in [0.4, 0.5) is 4.39 Å². The molecule has 3 aromatic rings. The van der Waals surface area contributed by atoms with Crippen molar-refractivity contribution in [3.8, 4) is 5.75 Å². The first-order chi connectivity index (χ1) is 17.1. The van der Waals surface area contributed by atoms with Crippen LogP contribution < -0.4 is 4.74 Å². The number of hydrogen-bond donors (Lipinski definition) is 0. The summed E-state index contributed by atoms with van der Waals surface area (Å²) in [7, 11) is 0. The SMILES string of the molecule is CCN(CC)C(=O)c1ccc(C(C2=NCCCC2)c2ccccc2OCc2ccccc2F)cc1. The molecule has 182 valence electrons. The minimum Gasteiger partial charge on any atom is -0.488 e. The number of ether oxygens (including phenoxy) is 1. The first kappa shape index (κ1) is 24.6. The Morgan fingerprint density at radius 1 is 0.971 bits per heavy atom. The zero-order chi connectivity index (χ0) is 24.6. The van der Waals surface area contributed by atoms with Crippen molar-refractivity contribution in [3.05, 3.63) is 101 Å². The second-order valence-electron chi connectivity index (χ2n) is 8.78. The number of halogens is 1. The van der Waals surface area contributed by atoms with Crippen LogP contribution in [-0.4, -0.2) is 36.2 Å². The monoisotopic (exact) mass is 472 g/mol. The molecule has 0 aromatic heterocycles. The second kappa shape index (κ2) is 11.8. The molecular formula is C30H33FN2O2. The Bertz CT molecular complexity index is 1170. The lowest BCUT2D eigenvalue weighted by Gasteiger charge is -2.26. The molecule has 3 aromatic carbocycles. The van der Waals surface area contributed by atoms with Gasteiger partial charge in [-0.2, -0.15) is 0 Å². The van der Waals surface area contributed by atoms with E-state index in [1.807, 2.05) is 67.3 Å². The molecule has 0 radical (unpaired) electrons. The predicted octanol–water partition coefficient (Wildman–Crippen LogP) is 6.64. The van der Waals surface area contributed by atoms with Gasteiger partial charge in [-0.3, -0.25) is 9.79 Å². The molecule has 0 saturated carbocycles. The maximum absolute atomic E-state index is 14.2. The molecule has 0 fully saturated rings. The summed E-state index contributed by atoms with van der Waals surface area (Å²) in [5.41, 5.74) is 4.41. The average Bonchev–Trinajstić information content (AvgIpc) is 2.91. The van der Waals surface area contributed by atoms with Crippen molar-refractivity contribution in [2.75, 3.05) is 19.6 Å². The fourth-order valence-corrected chi connectivity index (χ4v) is 4.64. The number of rotatable bonds is 9. The molecule has 0 saturated heterocycles. The van der Waals surface area contributed by atoms with E-state index in [1.54, 1.807) is 12.1 Å². The zero-order valence-electron chi connectivity index (χ0n) is 20.5. The van der Waals surface area contributed by atoms with Gasteiger partial charge in [0.2, 0.25) is 0 Å². The number of benzene rings is 3. The van der Waals surface area contributed by atoms with E-state index < -0.39 is 0 Å². The van der Waals surface area contributed by atoms with E-state index in [2.05, 4.69) is 6.07 Å². The third kappa shape index (κ3) is 5.79. The van der Waals surface area contributed by atoms with Crippen molar-refractivity contribution >= 4 is 11.6 Å². The molecule has 4 nitrogen and oxygen atoms in total. The van der Waals surface area contributed by atoms with E-state index in [9.17, 15) is 9.18 Å². The average molecular weight is 473 g/mol. The van der Waals surface area contributed by atoms with Gasteiger partial charge in [-0.15, -0.1) is 0 Å². The molecule has 35 heavy (non-hydrogen) atoms. The molecule has 1 aliphatic rings. The lowest BCUT2D eigenvalue weighted by atomic mass is 9.83. The highest BCUT2D eigenvalue weighted by molar-refractivity contribution is 5.96. The van der Waals surface area contributed by atoms with Gasteiger partial charge in [0.05, 0.1) is 5.92 Å². The highest BCUT2D eigenvalue weighted by atomic mass is 19.1. The van der Waals surface area contributed by atoms with Crippen LogP contribution in [0.2, 0.25) is 0 Å². The van der Waals surface area contributed by atoms with Gasteiger partial charge >= 0.3 is 0 Å². The number of aliphatic imine (C=N–C) groups is 1. The van der Waals surface area contributed by atoms with Crippen molar-refractivity contribution < 1.29 is 13.9 Å². The van der Waals surface area contributed by atoms with Crippen LogP contribution >= 0.6 is 0 Å². The number of amides is 1. The molecule has 1 heterocycles. The number of carbonyl (C=O) groups is 1. The maximum atomic E-state index is 14.2. The first-order valence-electron chi connectivity index (χ1n) is 12.5. The van der Waals surface area contributed by atoms with Crippen LogP contribution in [0.5, 0.6) is 5.75 Å². The molecule has 0 spiro atoms. The van der Waals surface area contributed by atoms with E-state index >= 15 is 0 Å². The Hall–Kier alpha value is -3.47. The Morgan fingerprint density at radius 3 is 2.37 bits per heavy atom. The summed E-state index contributed by atoms with van der Waals surface area (Å²) in [5, 5.41) is 0. The van der Waals surface area contributed by atoms with Gasteiger partial charge in [0, 0.05) is 42.0 Å². The molecule has 1 unspecified atom stereocenters. The van der Waals surface area contributed by atoms with Crippen molar-refractivity contribution in [1.29, 1.82) is 0 Å². The molecule has 0 bridgehead atoms. The standard InChI is InChI=1S/C30H33FN2O2/c1-3-33(4-2)30(34)23-18-16-22(17-19-23)29(27-14-9-10-20-32-27)25-12-6-8-15-28(25)35-21-24-11-5-7-13-26(24)31/h5-8,11-13,15-19,29H,3-4,9-10,14,20-21H2,1-2H3. The maximum Gasteiger partial charge on any atom is 0.253 e. The Morgan fingerprint density at radius 2 is 1.69 bits per heavy atom. The largest absolute Gasteiger partial charge is 0.488 e. The van der Waals surface area contributed by atoms with E-state index in [4.69, 9.17) is 9.73 Å². The third-order valence-corrected chi connectivity index (χ3v) is 6.60. The van der Waals surface area contributed by atoms with E-state index in [0.717, 1.165) is 48.4 Å².